The van der Waals surface area contributed by atoms with Gasteiger partial charge in [0.2, 0.25) is 0 Å². The molecular weight excluding hydrogens is 144 g/mol. The van der Waals surface area contributed by atoms with Gasteiger partial charge >= 0.3 is 0 Å². The van der Waals surface area contributed by atoms with E-state index in [4.69, 9.17) is 0 Å². The largest absolute Gasteiger partial charge is 0.0874 e. The van der Waals surface area contributed by atoms with Gasteiger partial charge in [-0.15, -0.1) is 0 Å². The fourth-order valence-corrected chi connectivity index (χ4v) is 1.55. The Kier molecular flexibility index (Phi) is 6.84. The van der Waals surface area contributed by atoms with Gasteiger partial charge in [0.1, 0.15) is 0 Å². The van der Waals surface area contributed by atoms with Crippen molar-refractivity contribution in [3.63, 3.8) is 0 Å². The van der Waals surface area contributed by atoms with Crippen LogP contribution < -0.4 is 0 Å². The number of hydrogen-bond acceptors (Lipinski definition) is 0. The second-order valence-corrected chi connectivity index (χ2v) is 3.09. The maximum absolute atomic E-state index is 2.26. The summed E-state index contributed by atoms with van der Waals surface area (Å²) >= 11 is 0. The zero-order valence-electron chi connectivity index (χ0n) is 8.98. The number of rotatable bonds is 5. The predicted octanol–water partition coefficient (Wildman–Crippen LogP) is 4.48. The van der Waals surface area contributed by atoms with Crippen LogP contribution in [0.2, 0.25) is 0 Å². The van der Waals surface area contributed by atoms with Crippen LogP contribution in [0, 0.1) is 0 Å². The van der Waals surface area contributed by atoms with Crippen molar-refractivity contribution in [3.8, 4) is 0 Å². The Hall–Kier alpha value is -0.520. The summed E-state index contributed by atoms with van der Waals surface area (Å²) in [6.45, 7) is 8.83. The Bertz CT molecular complexity index is 161. The van der Waals surface area contributed by atoms with Gasteiger partial charge in [-0.3, -0.25) is 0 Å². The van der Waals surface area contributed by atoms with E-state index in [1.54, 1.807) is 11.1 Å². The van der Waals surface area contributed by atoms with Gasteiger partial charge in [0.05, 0.1) is 0 Å². The van der Waals surface area contributed by atoms with Crippen LogP contribution in [0.5, 0.6) is 0 Å². The highest BCUT2D eigenvalue weighted by Gasteiger charge is 1.98. The molecule has 12 heavy (non-hydrogen) atoms. The third-order valence-electron chi connectivity index (χ3n) is 2.18. The van der Waals surface area contributed by atoms with E-state index in [0.29, 0.717) is 0 Å². The van der Waals surface area contributed by atoms with Gasteiger partial charge in [0.15, 0.2) is 0 Å². The lowest BCUT2D eigenvalue weighted by Crippen LogP contribution is -1.87. The third-order valence-corrected chi connectivity index (χ3v) is 2.18. The fourth-order valence-electron chi connectivity index (χ4n) is 1.55. The van der Waals surface area contributed by atoms with Crippen molar-refractivity contribution in [1.29, 1.82) is 0 Å². The maximum atomic E-state index is 2.26. The van der Waals surface area contributed by atoms with E-state index < -0.39 is 0 Å². The Morgan fingerprint density at radius 2 is 1.75 bits per heavy atom. The van der Waals surface area contributed by atoms with Gasteiger partial charge in [-0.2, -0.15) is 0 Å². The first-order valence-electron chi connectivity index (χ1n) is 5.13. The first kappa shape index (κ1) is 11.5. The summed E-state index contributed by atoms with van der Waals surface area (Å²) < 4.78 is 0. The first-order chi connectivity index (χ1) is 5.79. The van der Waals surface area contributed by atoms with Crippen molar-refractivity contribution in [2.75, 3.05) is 0 Å². The molecule has 0 bridgehead atoms. The van der Waals surface area contributed by atoms with E-state index >= 15 is 0 Å². The minimum atomic E-state index is 1.17. The molecule has 0 amide bonds. The maximum Gasteiger partial charge on any atom is -0.0308 e. The lowest BCUT2D eigenvalue weighted by molar-refractivity contribution is 0.836. The second kappa shape index (κ2) is 7.15. The molecule has 0 heterocycles. The van der Waals surface area contributed by atoms with Crippen LogP contribution in [0.3, 0.4) is 0 Å². The molecule has 0 aliphatic carbocycles. The summed E-state index contributed by atoms with van der Waals surface area (Å²) in [4.78, 5) is 0. The zero-order valence-corrected chi connectivity index (χ0v) is 8.98. The van der Waals surface area contributed by atoms with E-state index in [1.807, 2.05) is 0 Å². The van der Waals surface area contributed by atoms with Gasteiger partial charge in [-0.1, -0.05) is 44.9 Å². The standard InChI is InChI=1S/C12H22/c1-5-9-11(7-3)12(8-4)10-6-2/h5,9H,6-8,10H2,1-4H3/b9-5+,12-11+. The smallest absolute Gasteiger partial charge is 0.0308 e. The van der Waals surface area contributed by atoms with Gasteiger partial charge in [-0.05, 0) is 31.8 Å². The summed E-state index contributed by atoms with van der Waals surface area (Å²) in [5.74, 6) is 0. The van der Waals surface area contributed by atoms with Crippen molar-refractivity contribution < 1.29 is 0 Å². The molecule has 0 radical (unpaired) electrons. The molecule has 0 saturated heterocycles. The van der Waals surface area contributed by atoms with E-state index in [1.165, 1.54) is 25.7 Å². The molecule has 0 aliphatic rings. The molecule has 0 unspecified atom stereocenters. The van der Waals surface area contributed by atoms with Crippen LogP contribution in [0.25, 0.3) is 0 Å². The molecule has 0 saturated carbocycles. The van der Waals surface area contributed by atoms with E-state index in [9.17, 15) is 0 Å². The molecule has 0 fully saturated rings. The summed E-state index contributed by atoms with van der Waals surface area (Å²) in [6, 6.07) is 0. The highest BCUT2D eigenvalue weighted by atomic mass is 14.0. The van der Waals surface area contributed by atoms with Crippen molar-refractivity contribution in [1.82, 2.24) is 0 Å². The normalized spacial score (nSPS) is 13.7. The lowest BCUT2D eigenvalue weighted by Gasteiger charge is -2.07. The summed E-state index contributed by atoms with van der Waals surface area (Å²) in [6.07, 6.45) is 9.32. The van der Waals surface area contributed by atoms with Crippen LogP contribution >= 0.6 is 0 Å². The van der Waals surface area contributed by atoms with Crippen LogP contribution in [0.1, 0.15) is 53.4 Å². The molecule has 0 heteroatoms. The summed E-state index contributed by atoms with van der Waals surface area (Å²) in [5.41, 5.74) is 3.18. The van der Waals surface area contributed by atoms with E-state index in [0.717, 1.165) is 0 Å². The second-order valence-electron chi connectivity index (χ2n) is 3.09. The van der Waals surface area contributed by atoms with Crippen molar-refractivity contribution in [2.24, 2.45) is 0 Å². The fraction of sp³-hybridized carbons (Fsp3) is 0.667. The van der Waals surface area contributed by atoms with Crippen LogP contribution in [-0.2, 0) is 0 Å². The minimum Gasteiger partial charge on any atom is -0.0874 e. The molecule has 0 aromatic heterocycles. The topological polar surface area (TPSA) is 0 Å². The van der Waals surface area contributed by atoms with Crippen LogP contribution in [0.4, 0.5) is 0 Å². The first-order valence-corrected chi connectivity index (χ1v) is 5.13. The van der Waals surface area contributed by atoms with Gasteiger partial charge < -0.3 is 0 Å². The van der Waals surface area contributed by atoms with Crippen molar-refractivity contribution >= 4 is 0 Å². The van der Waals surface area contributed by atoms with Crippen LogP contribution in [-0.4, -0.2) is 0 Å². The van der Waals surface area contributed by atoms with Gasteiger partial charge in [-0.25, -0.2) is 0 Å². The van der Waals surface area contributed by atoms with Crippen molar-refractivity contribution in [3.05, 3.63) is 23.3 Å². The number of hydrogen-bond donors (Lipinski definition) is 0. The quantitative estimate of drug-likeness (QED) is 0.528. The molecule has 0 aromatic rings. The SMILES string of the molecule is C/C=C/C(CC)=C(\CC)CCC. The number of allylic oxidation sites excluding steroid dienone is 4. The van der Waals surface area contributed by atoms with Crippen LogP contribution in [0.15, 0.2) is 23.3 Å². The van der Waals surface area contributed by atoms with Crippen molar-refractivity contribution in [2.45, 2.75) is 53.4 Å². The highest BCUT2D eigenvalue weighted by Crippen LogP contribution is 2.18. The molecule has 0 spiro atoms. The predicted molar refractivity (Wildman–Crippen MR) is 57.3 cm³/mol. The van der Waals surface area contributed by atoms with Gasteiger partial charge in [0, 0.05) is 0 Å². The molecule has 0 aromatic carbocycles. The van der Waals surface area contributed by atoms with Gasteiger partial charge in [0.25, 0.3) is 0 Å². The summed E-state index contributed by atoms with van der Waals surface area (Å²) in [7, 11) is 0. The van der Waals surface area contributed by atoms with E-state index in [-0.39, 0.29) is 0 Å². The highest BCUT2D eigenvalue weighted by molar-refractivity contribution is 5.25. The Balaban J connectivity index is 4.48. The Morgan fingerprint density at radius 1 is 1.08 bits per heavy atom. The third kappa shape index (κ3) is 3.75. The molecular formula is C12H22. The lowest BCUT2D eigenvalue weighted by atomic mass is 9.99. The molecule has 0 aliphatic heterocycles. The molecule has 0 N–H and O–H groups in total. The molecule has 0 rings (SSSR count). The Morgan fingerprint density at radius 3 is 2.08 bits per heavy atom. The average Bonchev–Trinajstić information content (AvgIpc) is 2.11. The average molecular weight is 166 g/mol. The van der Waals surface area contributed by atoms with E-state index in [2.05, 4.69) is 39.8 Å². The molecule has 0 atom stereocenters. The monoisotopic (exact) mass is 166 g/mol. The molecule has 0 nitrogen and oxygen atoms in total. The zero-order chi connectivity index (χ0) is 9.40. The summed E-state index contributed by atoms with van der Waals surface area (Å²) in [5, 5.41) is 0. The Labute approximate surface area is 77.4 Å². The minimum absolute atomic E-state index is 1.17. The molecule has 70 valence electrons.